The highest BCUT2D eigenvalue weighted by Gasteiger charge is 2.49. The molecule has 152 valence electrons. The lowest BCUT2D eigenvalue weighted by Gasteiger charge is -2.24. The number of halogens is 1. The van der Waals surface area contributed by atoms with Gasteiger partial charge in [-0.1, -0.05) is 41.6 Å². The second-order valence-electron chi connectivity index (χ2n) is 6.92. The zero-order valence-corrected chi connectivity index (χ0v) is 18.0. The Morgan fingerprint density at radius 3 is 2.66 bits per heavy atom. The smallest absolute Gasteiger partial charge is 0.252 e. The SMILES string of the molecule is COc1ccccc1CC(=O)N=C1S[C@H]2CS(=O)(=O)C[C@H]2N1c1ccc(Cl)cc1. The molecule has 2 saturated heterocycles. The molecule has 2 aliphatic rings. The summed E-state index contributed by atoms with van der Waals surface area (Å²) in [6.45, 7) is 0. The molecule has 2 atom stereocenters. The first-order valence-electron chi connectivity index (χ1n) is 9.01. The summed E-state index contributed by atoms with van der Waals surface area (Å²) in [5.74, 6) is 0.468. The zero-order valence-electron chi connectivity index (χ0n) is 15.6. The van der Waals surface area contributed by atoms with Crippen LogP contribution >= 0.6 is 23.4 Å². The Morgan fingerprint density at radius 2 is 1.93 bits per heavy atom. The first kappa shape index (κ1) is 20.3. The Balaban J connectivity index is 1.64. The van der Waals surface area contributed by atoms with Crippen LogP contribution in [0.4, 0.5) is 5.69 Å². The van der Waals surface area contributed by atoms with Crippen molar-refractivity contribution in [3.8, 4) is 5.75 Å². The number of rotatable bonds is 4. The van der Waals surface area contributed by atoms with Crippen LogP contribution in [0.2, 0.25) is 5.02 Å². The number of anilines is 1. The van der Waals surface area contributed by atoms with E-state index < -0.39 is 9.84 Å². The summed E-state index contributed by atoms with van der Waals surface area (Å²) in [6.07, 6.45) is 0.107. The Labute approximate surface area is 178 Å². The van der Waals surface area contributed by atoms with Crippen molar-refractivity contribution in [1.29, 1.82) is 0 Å². The fourth-order valence-corrected chi connectivity index (χ4v) is 7.68. The molecule has 6 nitrogen and oxygen atoms in total. The number of ether oxygens (including phenoxy) is 1. The highest BCUT2D eigenvalue weighted by atomic mass is 35.5. The average molecular weight is 451 g/mol. The lowest BCUT2D eigenvalue weighted by molar-refractivity contribution is -0.117. The van der Waals surface area contributed by atoms with Crippen molar-refractivity contribution in [2.24, 2.45) is 4.99 Å². The van der Waals surface area contributed by atoms with E-state index in [0.29, 0.717) is 15.9 Å². The van der Waals surface area contributed by atoms with Crippen molar-refractivity contribution in [3.05, 3.63) is 59.1 Å². The predicted molar refractivity (Wildman–Crippen MR) is 117 cm³/mol. The number of amides is 1. The van der Waals surface area contributed by atoms with Crippen LogP contribution in [0.5, 0.6) is 5.75 Å². The number of para-hydroxylation sites is 1. The van der Waals surface area contributed by atoms with Gasteiger partial charge in [-0.2, -0.15) is 4.99 Å². The molecule has 0 radical (unpaired) electrons. The maximum atomic E-state index is 12.7. The maximum absolute atomic E-state index is 12.7. The van der Waals surface area contributed by atoms with E-state index in [9.17, 15) is 13.2 Å². The third-order valence-electron chi connectivity index (χ3n) is 4.93. The van der Waals surface area contributed by atoms with Crippen molar-refractivity contribution in [2.75, 3.05) is 23.5 Å². The normalized spacial score (nSPS) is 23.9. The van der Waals surface area contributed by atoms with Crippen LogP contribution < -0.4 is 9.64 Å². The van der Waals surface area contributed by atoms with Crippen molar-refractivity contribution in [1.82, 2.24) is 0 Å². The van der Waals surface area contributed by atoms with Crippen LogP contribution in [-0.2, 0) is 21.1 Å². The predicted octanol–water partition coefficient (Wildman–Crippen LogP) is 3.19. The molecule has 0 bridgehead atoms. The van der Waals surface area contributed by atoms with E-state index in [2.05, 4.69) is 4.99 Å². The van der Waals surface area contributed by atoms with E-state index in [4.69, 9.17) is 16.3 Å². The van der Waals surface area contributed by atoms with Gasteiger partial charge in [0.1, 0.15) is 5.75 Å². The number of hydrogen-bond donors (Lipinski definition) is 0. The van der Waals surface area contributed by atoms with Gasteiger partial charge in [0.2, 0.25) is 0 Å². The molecule has 0 spiro atoms. The summed E-state index contributed by atoms with van der Waals surface area (Å²) >= 11 is 7.35. The van der Waals surface area contributed by atoms with Crippen LogP contribution in [-0.4, -0.2) is 49.4 Å². The number of aliphatic imine (C=N–C) groups is 1. The lowest BCUT2D eigenvalue weighted by atomic mass is 10.1. The molecule has 2 aliphatic heterocycles. The van der Waals surface area contributed by atoms with Crippen LogP contribution in [0.3, 0.4) is 0 Å². The number of nitrogens with zero attached hydrogens (tertiary/aromatic N) is 2. The number of methoxy groups -OCH3 is 1. The number of thioether (sulfide) groups is 1. The summed E-state index contributed by atoms with van der Waals surface area (Å²) in [5, 5.41) is 0.965. The first-order valence-corrected chi connectivity index (χ1v) is 12.1. The summed E-state index contributed by atoms with van der Waals surface area (Å²) in [6, 6.07) is 14.2. The monoisotopic (exact) mass is 450 g/mol. The molecule has 2 fully saturated rings. The van der Waals surface area contributed by atoms with Crippen molar-refractivity contribution in [2.45, 2.75) is 17.7 Å². The largest absolute Gasteiger partial charge is 0.496 e. The third-order valence-corrected chi connectivity index (χ3v) is 8.39. The first-order chi connectivity index (χ1) is 13.9. The minimum absolute atomic E-state index is 0.0486. The van der Waals surface area contributed by atoms with Gasteiger partial charge in [0.25, 0.3) is 5.91 Å². The van der Waals surface area contributed by atoms with Gasteiger partial charge in [-0.15, -0.1) is 0 Å². The number of fused-ring (bicyclic) bond motifs is 1. The van der Waals surface area contributed by atoms with Crippen LogP contribution in [0.15, 0.2) is 53.5 Å². The van der Waals surface area contributed by atoms with Crippen LogP contribution in [0.25, 0.3) is 0 Å². The molecule has 4 rings (SSSR count). The molecular formula is C20H19ClN2O4S2. The maximum Gasteiger partial charge on any atom is 0.252 e. The highest BCUT2D eigenvalue weighted by Crippen LogP contribution is 2.41. The van der Waals surface area contributed by atoms with Gasteiger partial charge >= 0.3 is 0 Å². The molecule has 0 aliphatic carbocycles. The Bertz CT molecular complexity index is 1070. The number of carbonyl (C=O) groups is 1. The fraction of sp³-hybridized carbons (Fsp3) is 0.300. The molecule has 29 heavy (non-hydrogen) atoms. The van der Waals surface area contributed by atoms with E-state index in [0.717, 1.165) is 11.3 Å². The van der Waals surface area contributed by atoms with Crippen molar-refractivity contribution < 1.29 is 17.9 Å². The van der Waals surface area contributed by atoms with Gasteiger partial charge in [-0.3, -0.25) is 4.79 Å². The number of benzene rings is 2. The van der Waals surface area contributed by atoms with Gasteiger partial charge in [0, 0.05) is 21.5 Å². The number of hydrogen-bond acceptors (Lipinski definition) is 5. The summed E-state index contributed by atoms with van der Waals surface area (Å²) in [7, 11) is -1.55. The van der Waals surface area contributed by atoms with Gasteiger partial charge in [0.15, 0.2) is 15.0 Å². The van der Waals surface area contributed by atoms with Gasteiger partial charge in [0.05, 0.1) is 31.1 Å². The number of amidine groups is 1. The molecule has 0 saturated carbocycles. The second-order valence-corrected chi connectivity index (χ2v) is 10.7. The summed E-state index contributed by atoms with van der Waals surface area (Å²) < 4.78 is 29.6. The Hall–Kier alpha value is -2.03. The second kappa shape index (κ2) is 8.01. The van der Waals surface area contributed by atoms with Crippen LogP contribution in [0.1, 0.15) is 5.56 Å². The van der Waals surface area contributed by atoms with E-state index in [1.165, 1.54) is 11.8 Å². The Morgan fingerprint density at radius 1 is 1.21 bits per heavy atom. The van der Waals surface area contributed by atoms with Gasteiger partial charge in [-0.25, -0.2) is 8.42 Å². The standard InChI is InChI=1S/C20H19ClN2O4S2/c1-27-17-5-3-2-4-13(17)10-19(24)22-20-23(15-8-6-14(21)7-9-15)16-11-29(25,26)12-18(16)28-20/h2-9,16,18H,10-12H2,1H3/t16-,18+/m1/s1. The average Bonchev–Trinajstić information content (AvgIpc) is 3.13. The summed E-state index contributed by atoms with van der Waals surface area (Å²) in [5.41, 5.74) is 1.53. The Kier molecular flexibility index (Phi) is 5.59. The molecule has 1 amide bonds. The zero-order chi connectivity index (χ0) is 20.6. The quantitative estimate of drug-likeness (QED) is 0.712. The van der Waals surface area contributed by atoms with Gasteiger partial charge < -0.3 is 9.64 Å². The molecule has 0 N–H and O–H groups in total. The number of sulfone groups is 1. The molecule has 0 unspecified atom stereocenters. The van der Waals surface area contributed by atoms with E-state index in [1.807, 2.05) is 35.2 Å². The van der Waals surface area contributed by atoms with E-state index in [1.54, 1.807) is 25.3 Å². The molecule has 2 heterocycles. The molecule has 2 aromatic carbocycles. The lowest BCUT2D eigenvalue weighted by Crippen LogP contribution is -2.37. The van der Waals surface area contributed by atoms with Crippen molar-refractivity contribution in [3.63, 3.8) is 0 Å². The highest BCUT2D eigenvalue weighted by molar-refractivity contribution is 8.16. The molecule has 2 aromatic rings. The van der Waals surface area contributed by atoms with Gasteiger partial charge in [-0.05, 0) is 30.3 Å². The molecule has 9 heteroatoms. The minimum Gasteiger partial charge on any atom is -0.496 e. The van der Waals surface area contributed by atoms with E-state index in [-0.39, 0.29) is 35.1 Å². The van der Waals surface area contributed by atoms with E-state index >= 15 is 0 Å². The van der Waals surface area contributed by atoms with Crippen LogP contribution in [0, 0.1) is 0 Å². The third kappa shape index (κ3) is 4.29. The summed E-state index contributed by atoms with van der Waals surface area (Å²) in [4.78, 5) is 18.9. The fourth-order valence-electron chi connectivity index (χ4n) is 3.63. The number of carbonyl (C=O) groups excluding carboxylic acids is 1. The van der Waals surface area contributed by atoms with Crippen molar-refractivity contribution >= 4 is 50.0 Å². The topological polar surface area (TPSA) is 76.0 Å². The molecule has 0 aromatic heterocycles. The minimum atomic E-state index is -3.11. The molecular weight excluding hydrogens is 432 g/mol.